The van der Waals surface area contributed by atoms with E-state index in [2.05, 4.69) is 47.2 Å². The summed E-state index contributed by atoms with van der Waals surface area (Å²) >= 11 is 1.78. The van der Waals surface area contributed by atoms with Gasteiger partial charge in [-0.05, 0) is 24.3 Å². The molecule has 0 aliphatic rings. The van der Waals surface area contributed by atoms with Gasteiger partial charge in [0, 0.05) is 24.7 Å². The molecule has 2 nitrogen and oxygen atoms in total. The average molecular weight is 233 g/mol. The predicted octanol–water partition coefficient (Wildman–Crippen LogP) is 3.29. The van der Waals surface area contributed by atoms with E-state index in [1.807, 2.05) is 6.07 Å². The van der Waals surface area contributed by atoms with Gasteiger partial charge in [-0.3, -0.25) is 0 Å². The Labute approximate surface area is 100 Å². The molecule has 0 spiro atoms. The molecule has 0 fully saturated rings. The third-order valence-corrected chi connectivity index (χ3v) is 3.38. The van der Waals surface area contributed by atoms with Crippen molar-refractivity contribution in [1.29, 1.82) is 0 Å². The van der Waals surface area contributed by atoms with Gasteiger partial charge < -0.3 is 9.30 Å². The summed E-state index contributed by atoms with van der Waals surface area (Å²) in [5.41, 5.74) is 0. The Bertz CT molecular complexity index is 425. The minimum Gasteiger partial charge on any atom is -0.383 e. The minimum absolute atomic E-state index is 0.747. The van der Waals surface area contributed by atoms with Crippen molar-refractivity contribution >= 4 is 11.8 Å². The van der Waals surface area contributed by atoms with Crippen molar-refractivity contribution in [2.45, 2.75) is 16.5 Å². The van der Waals surface area contributed by atoms with Crippen molar-refractivity contribution in [2.75, 3.05) is 13.7 Å². The zero-order valence-corrected chi connectivity index (χ0v) is 10.1. The molecule has 0 bridgehead atoms. The summed E-state index contributed by atoms with van der Waals surface area (Å²) in [4.78, 5) is 1.26. The minimum atomic E-state index is 0.747. The normalized spacial score (nSPS) is 10.6. The van der Waals surface area contributed by atoms with Crippen LogP contribution in [0, 0.1) is 0 Å². The van der Waals surface area contributed by atoms with Crippen molar-refractivity contribution in [2.24, 2.45) is 0 Å². The summed E-state index contributed by atoms with van der Waals surface area (Å²) in [6, 6.07) is 14.6. The molecule has 2 aromatic rings. The Morgan fingerprint density at radius 1 is 1.12 bits per heavy atom. The third-order valence-electron chi connectivity index (χ3n) is 2.29. The van der Waals surface area contributed by atoms with Crippen LogP contribution < -0.4 is 0 Å². The van der Waals surface area contributed by atoms with Crippen molar-refractivity contribution in [3.8, 4) is 0 Å². The fourth-order valence-corrected chi connectivity index (χ4v) is 2.43. The van der Waals surface area contributed by atoms with Gasteiger partial charge in [-0.25, -0.2) is 0 Å². The van der Waals surface area contributed by atoms with E-state index in [0.29, 0.717) is 0 Å². The lowest BCUT2D eigenvalue weighted by Gasteiger charge is -2.07. The number of ether oxygens (including phenoxy) is 1. The van der Waals surface area contributed by atoms with E-state index in [-0.39, 0.29) is 0 Å². The van der Waals surface area contributed by atoms with E-state index in [9.17, 15) is 0 Å². The summed E-state index contributed by atoms with van der Waals surface area (Å²) in [7, 11) is 1.73. The Balaban J connectivity index is 2.07. The summed E-state index contributed by atoms with van der Waals surface area (Å²) in [5.74, 6) is 0. The Kier molecular flexibility index (Phi) is 4.08. The van der Waals surface area contributed by atoms with E-state index in [0.717, 1.165) is 13.2 Å². The van der Waals surface area contributed by atoms with E-state index in [1.165, 1.54) is 9.92 Å². The molecule has 0 unspecified atom stereocenters. The SMILES string of the molecule is COCCn1cccc1Sc1ccccc1. The van der Waals surface area contributed by atoms with Crippen LogP contribution in [0.25, 0.3) is 0 Å². The second-order valence-corrected chi connectivity index (χ2v) is 4.54. The molecule has 0 N–H and O–H groups in total. The van der Waals surface area contributed by atoms with Crippen LogP contribution in [-0.4, -0.2) is 18.3 Å². The number of methoxy groups -OCH3 is 1. The molecule has 84 valence electrons. The van der Waals surface area contributed by atoms with Crippen LogP contribution in [0.5, 0.6) is 0 Å². The molecule has 0 saturated carbocycles. The number of nitrogens with zero attached hydrogens (tertiary/aromatic N) is 1. The predicted molar refractivity (Wildman–Crippen MR) is 66.9 cm³/mol. The van der Waals surface area contributed by atoms with Crippen molar-refractivity contribution in [3.63, 3.8) is 0 Å². The maximum atomic E-state index is 5.09. The van der Waals surface area contributed by atoms with Gasteiger partial charge in [-0.2, -0.15) is 0 Å². The third kappa shape index (κ3) is 2.90. The van der Waals surface area contributed by atoms with Crippen molar-refractivity contribution < 1.29 is 4.74 Å². The Morgan fingerprint density at radius 3 is 2.69 bits per heavy atom. The fourth-order valence-electron chi connectivity index (χ4n) is 1.47. The van der Waals surface area contributed by atoms with Gasteiger partial charge in [-0.15, -0.1) is 0 Å². The lowest BCUT2D eigenvalue weighted by Crippen LogP contribution is -2.03. The quantitative estimate of drug-likeness (QED) is 0.786. The largest absolute Gasteiger partial charge is 0.383 e. The molecule has 1 aromatic carbocycles. The summed E-state index contributed by atoms with van der Waals surface area (Å²) in [5, 5.41) is 1.25. The first kappa shape index (κ1) is 11.3. The van der Waals surface area contributed by atoms with E-state index in [4.69, 9.17) is 4.74 Å². The molecule has 2 rings (SSSR count). The molecule has 0 radical (unpaired) electrons. The lowest BCUT2D eigenvalue weighted by molar-refractivity contribution is 0.185. The standard InChI is InChI=1S/C13H15NOS/c1-15-11-10-14-9-5-8-13(14)16-12-6-3-2-4-7-12/h2-9H,10-11H2,1H3. The number of hydrogen-bond donors (Lipinski definition) is 0. The molecular weight excluding hydrogens is 218 g/mol. The zero-order valence-electron chi connectivity index (χ0n) is 9.30. The van der Waals surface area contributed by atoms with Gasteiger partial charge in [-0.1, -0.05) is 30.0 Å². The van der Waals surface area contributed by atoms with Gasteiger partial charge in [0.05, 0.1) is 11.6 Å². The number of benzene rings is 1. The van der Waals surface area contributed by atoms with Crippen LogP contribution in [0.1, 0.15) is 0 Å². The van der Waals surface area contributed by atoms with Crippen LogP contribution in [0.2, 0.25) is 0 Å². The summed E-state index contributed by atoms with van der Waals surface area (Å²) in [6.07, 6.45) is 2.09. The molecule has 0 aliphatic carbocycles. The monoisotopic (exact) mass is 233 g/mol. The van der Waals surface area contributed by atoms with Crippen LogP contribution in [0.4, 0.5) is 0 Å². The maximum Gasteiger partial charge on any atom is 0.0797 e. The van der Waals surface area contributed by atoms with Gasteiger partial charge in [0.25, 0.3) is 0 Å². The topological polar surface area (TPSA) is 14.2 Å². The number of hydrogen-bond acceptors (Lipinski definition) is 2. The molecule has 16 heavy (non-hydrogen) atoms. The van der Waals surface area contributed by atoms with Crippen LogP contribution in [0.15, 0.2) is 58.6 Å². The van der Waals surface area contributed by atoms with E-state index < -0.39 is 0 Å². The Hall–Kier alpha value is -1.19. The van der Waals surface area contributed by atoms with Crippen LogP contribution >= 0.6 is 11.8 Å². The first-order valence-corrected chi connectivity index (χ1v) is 6.09. The highest BCUT2D eigenvalue weighted by atomic mass is 32.2. The lowest BCUT2D eigenvalue weighted by atomic mass is 10.4. The van der Waals surface area contributed by atoms with Gasteiger partial charge >= 0.3 is 0 Å². The summed E-state index contributed by atoms with van der Waals surface area (Å²) < 4.78 is 7.30. The molecule has 1 aromatic heterocycles. The molecule has 0 saturated heterocycles. The van der Waals surface area contributed by atoms with E-state index >= 15 is 0 Å². The maximum absolute atomic E-state index is 5.09. The van der Waals surface area contributed by atoms with Gasteiger partial charge in [0.1, 0.15) is 0 Å². The van der Waals surface area contributed by atoms with Crippen molar-refractivity contribution in [1.82, 2.24) is 4.57 Å². The molecule has 0 atom stereocenters. The average Bonchev–Trinajstić information content (AvgIpc) is 2.75. The van der Waals surface area contributed by atoms with Crippen LogP contribution in [-0.2, 0) is 11.3 Å². The zero-order chi connectivity index (χ0) is 11.2. The first-order chi connectivity index (χ1) is 7.90. The second kappa shape index (κ2) is 5.77. The van der Waals surface area contributed by atoms with Crippen LogP contribution in [0.3, 0.4) is 0 Å². The second-order valence-electron chi connectivity index (χ2n) is 3.45. The number of rotatable bonds is 5. The highest BCUT2D eigenvalue weighted by Crippen LogP contribution is 2.27. The Morgan fingerprint density at radius 2 is 1.94 bits per heavy atom. The number of aromatic nitrogens is 1. The highest BCUT2D eigenvalue weighted by Gasteiger charge is 2.02. The first-order valence-electron chi connectivity index (χ1n) is 5.27. The highest BCUT2D eigenvalue weighted by molar-refractivity contribution is 7.99. The van der Waals surface area contributed by atoms with Gasteiger partial charge in [0.15, 0.2) is 0 Å². The smallest absolute Gasteiger partial charge is 0.0797 e. The fraction of sp³-hybridized carbons (Fsp3) is 0.231. The summed E-state index contributed by atoms with van der Waals surface area (Å²) in [6.45, 7) is 1.65. The van der Waals surface area contributed by atoms with Crippen molar-refractivity contribution in [3.05, 3.63) is 48.7 Å². The molecule has 0 amide bonds. The molecular formula is C13H15NOS. The van der Waals surface area contributed by atoms with E-state index in [1.54, 1.807) is 18.9 Å². The van der Waals surface area contributed by atoms with Gasteiger partial charge in [0.2, 0.25) is 0 Å². The molecule has 0 aliphatic heterocycles. The molecule has 3 heteroatoms. The molecule has 1 heterocycles.